The van der Waals surface area contributed by atoms with Gasteiger partial charge in [0.15, 0.2) is 0 Å². The van der Waals surface area contributed by atoms with Gasteiger partial charge in [0.05, 0.1) is 27.3 Å². The van der Waals surface area contributed by atoms with Crippen LogP contribution in [0, 0.1) is 0 Å². The molecular weight excluding hydrogens is 270 g/mol. The largest absolute Gasteiger partial charge is 0.359 e. The maximum atomic E-state index is 11.8. The average Bonchev–Trinajstić information content (AvgIpc) is 2.54. The lowest BCUT2D eigenvalue weighted by Gasteiger charge is -2.14. The van der Waals surface area contributed by atoms with Crippen LogP contribution in [-0.2, 0) is 19.9 Å². The minimum absolute atomic E-state index is 0.0408. The number of rotatable bonds is 2. The van der Waals surface area contributed by atoms with E-state index in [4.69, 9.17) is 10.7 Å². The van der Waals surface area contributed by atoms with Crippen molar-refractivity contribution in [1.82, 2.24) is 0 Å². The maximum absolute atomic E-state index is 11.8. The van der Waals surface area contributed by atoms with E-state index in [1.54, 1.807) is 12.1 Å². The van der Waals surface area contributed by atoms with Crippen LogP contribution in [0.4, 0.5) is 5.69 Å². The molecule has 2 rings (SSSR count). The quantitative estimate of drug-likeness (QED) is 0.770. The minimum Gasteiger partial charge on any atom is -0.359 e. The highest BCUT2D eigenvalue weighted by Crippen LogP contribution is 2.37. The Morgan fingerprint density at radius 3 is 2.75 bits per heavy atom. The molecule has 1 aliphatic heterocycles. The second-order valence-electron chi connectivity index (χ2n) is 3.37. The molecule has 0 aliphatic carbocycles. The Bertz CT molecular complexity index is 556. The highest BCUT2D eigenvalue weighted by atomic mass is 35.7. The molecule has 0 spiro atoms. The first-order valence-corrected chi connectivity index (χ1v) is 8.29. The van der Waals surface area contributed by atoms with Crippen molar-refractivity contribution in [3.8, 4) is 0 Å². The van der Waals surface area contributed by atoms with Crippen molar-refractivity contribution in [1.29, 1.82) is 0 Å². The molecule has 0 radical (unpaired) electrons. The van der Waals surface area contributed by atoms with Crippen LogP contribution < -0.4 is 4.90 Å². The van der Waals surface area contributed by atoms with Gasteiger partial charge in [0.25, 0.3) is 9.05 Å². The van der Waals surface area contributed by atoms with Crippen LogP contribution in [0.2, 0.25) is 0 Å². The van der Waals surface area contributed by atoms with Crippen molar-refractivity contribution < 1.29 is 12.6 Å². The van der Waals surface area contributed by atoms with Crippen molar-refractivity contribution in [3.63, 3.8) is 0 Å². The van der Waals surface area contributed by atoms with Crippen molar-refractivity contribution >= 4 is 36.2 Å². The Hall–Kier alpha value is -0.590. The van der Waals surface area contributed by atoms with E-state index in [-0.39, 0.29) is 4.90 Å². The highest BCUT2D eigenvalue weighted by molar-refractivity contribution is 8.14. The number of fused-ring (bicyclic) bond motifs is 1. The summed E-state index contributed by atoms with van der Waals surface area (Å²) in [6.07, 6.45) is 0. The van der Waals surface area contributed by atoms with Gasteiger partial charge in [-0.25, -0.2) is 8.42 Å². The standard InChI is InChI=1S/C9H10ClNO3S2/c1-2-11-6-15(12)9-7(11)4-3-5-8(9)16(10,13)14/h3-5H,2,6H2,1H3. The zero-order valence-corrected chi connectivity index (χ0v) is 10.9. The zero-order chi connectivity index (χ0) is 11.9. The number of nitrogens with zero attached hydrogens (tertiary/aromatic N) is 1. The summed E-state index contributed by atoms with van der Waals surface area (Å²) >= 11 is 0. The van der Waals surface area contributed by atoms with Gasteiger partial charge < -0.3 is 4.90 Å². The van der Waals surface area contributed by atoms with Crippen LogP contribution >= 0.6 is 10.7 Å². The summed E-state index contributed by atoms with van der Waals surface area (Å²) in [5.41, 5.74) is 0.697. The Balaban J connectivity index is 2.71. The van der Waals surface area contributed by atoms with Crippen molar-refractivity contribution in [3.05, 3.63) is 18.2 Å². The fourth-order valence-electron chi connectivity index (χ4n) is 1.71. The van der Waals surface area contributed by atoms with Crippen LogP contribution in [-0.4, -0.2) is 25.0 Å². The van der Waals surface area contributed by atoms with Crippen molar-refractivity contribution in [2.75, 3.05) is 17.3 Å². The second kappa shape index (κ2) is 4.01. The molecule has 0 N–H and O–H groups in total. The first kappa shape index (κ1) is 11.9. The Morgan fingerprint density at radius 1 is 1.50 bits per heavy atom. The topological polar surface area (TPSA) is 54.5 Å². The summed E-state index contributed by atoms with van der Waals surface area (Å²) in [6, 6.07) is 4.76. The van der Waals surface area contributed by atoms with Crippen LogP contribution in [0.5, 0.6) is 0 Å². The molecule has 88 valence electrons. The van der Waals surface area contributed by atoms with Gasteiger partial charge in [-0.05, 0) is 19.1 Å². The van der Waals surface area contributed by atoms with E-state index in [0.717, 1.165) is 0 Å². The van der Waals surface area contributed by atoms with Crippen LogP contribution in [0.15, 0.2) is 28.0 Å². The number of hydrogen-bond acceptors (Lipinski definition) is 4. The molecule has 0 bridgehead atoms. The van der Waals surface area contributed by atoms with Gasteiger partial charge in [0.2, 0.25) is 0 Å². The average molecular weight is 280 g/mol. The van der Waals surface area contributed by atoms with E-state index in [0.29, 0.717) is 23.0 Å². The first-order valence-electron chi connectivity index (χ1n) is 4.66. The molecule has 0 saturated carbocycles. The Labute approximate surface area is 101 Å². The lowest BCUT2D eigenvalue weighted by atomic mass is 10.3. The van der Waals surface area contributed by atoms with E-state index in [1.165, 1.54) is 6.07 Å². The molecule has 16 heavy (non-hydrogen) atoms. The maximum Gasteiger partial charge on any atom is 0.262 e. The van der Waals surface area contributed by atoms with Crippen LogP contribution in [0.1, 0.15) is 6.92 Å². The zero-order valence-electron chi connectivity index (χ0n) is 8.51. The van der Waals surface area contributed by atoms with Gasteiger partial charge in [-0.2, -0.15) is 0 Å². The Morgan fingerprint density at radius 2 is 2.19 bits per heavy atom. The molecule has 1 aromatic rings. The van der Waals surface area contributed by atoms with E-state index < -0.39 is 19.9 Å². The number of benzene rings is 1. The second-order valence-corrected chi connectivity index (χ2v) is 7.26. The highest BCUT2D eigenvalue weighted by Gasteiger charge is 2.30. The first-order chi connectivity index (χ1) is 7.45. The Kier molecular flexibility index (Phi) is 2.98. The third kappa shape index (κ3) is 1.85. The molecule has 1 unspecified atom stereocenters. The molecule has 0 saturated heterocycles. The number of hydrogen-bond donors (Lipinski definition) is 0. The third-order valence-electron chi connectivity index (χ3n) is 2.44. The fourth-order valence-corrected chi connectivity index (χ4v) is 4.87. The third-order valence-corrected chi connectivity index (χ3v) is 5.37. The normalized spacial score (nSPS) is 19.9. The summed E-state index contributed by atoms with van der Waals surface area (Å²) in [4.78, 5) is 2.16. The predicted molar refractivity (Wildman–Crippen MR) is 63.8 cm³/mol. The van der Waals surface area contributed by atoms with Gasteiger partial charge in [0.1, 0.15) is 4.90 Å². The summed E-state index contributed by atoms with van der Waals surface area (Å²) in [5.74, 6) is 0.329. The fraction of sp³-hybridized carbons (Fsp3) is 0.333. The predicted octanol–water partition coefficient (Wildman–Crippen LogP) is 1.52. The number of halogens is 1. The van der Waals surface area contributed by atoms with Gasteiger partial charge in [-0.15, -0.1) is 0 Å². The molecule has 0 amide bonds. The number of anilines is 1. The molecule has 1 atom stereocenters. The molecule has 1 aromatic carbocycles. The summed E-state index contributed by atoms with van der Waals surface area (Å²) in [6.45, 7) is 2.61. The molecule has 0 aromatic heterocycles. The van der Waals surface area contributed by atoms with Gasteiger partial charge in [-0.3, -0.25) is 4.21 Å². The monoisotopic (exact) mass is 279 g/mol. The molecule has 0 fully saturated rings. The minimum atomic E-state index is -3.84. The van der Waals surface area contributed by atoms with Gasteiger partial charge in [0, 0.05) is 17.2 Å². The van der Waals surface area contributed by atoms with Crippen molar-refractivity contribution in [2.45, 2.75) is 16.7 Å². The van der Waals surface area contributed by atoms with Crippen LogP contribution in [0.25, 0.3) is 0 Å². The molecule has 1 heterocycles. The van der Waals surface area contributed by atoms with E-state index in [2.05, 4.69) is 0 Å². The van der Waals surface area contributed by atoms with Crippen LogP contribution in [0.3, 0.4) is 0 Å². The smallest absolute Gasteiger partial charge is 0.262 e. The molecular formula is C9H10ClNO3S2. The summed E-state index contributed by atoms with van der Waals surface area (Å²) < 4.78 is 34.5. The SMILES string of the molecule is CCN1CS(=O)c2c1cccc2S(=O)(=O)Cl. The van der Waals surface area contributed by atoms with E-state index >= 15 is 0 Å². The summed E-state index contributed by atoms with van der Waals surface area (Å²) in [5, 5.41) is 0. The van der Waals surface area contributed by atoms with E-state index in [9.17, 15) is 12.6 Å². The van der Waals surface area contributed by atoms with Gasteiger partial charge >= 0.3 is 0 Å². The van der Waals surface area contributed by atoms with Crippen molar-refractivity contribution in [2.24, 2.45) is 0 Å². The molecule has 1 aliphatic rings. The lowest BCUT2D eigenvalue weighted by molar-refractivity contribution is 0.607. The lowest BCUT2D eigenvalue weighted by Crippen LogP contribution is -2.19. The van der Waals surface area contributed by atoms with E-state index in [1.807, 2.05) is 11.8 Å². The van der Waals surface area contributed by atoms with Gasteiger partial charge in [-0.1, -0.05) is 6.07 Å². The molecule has 4 nitrogen and oxygen atoms in total. The summed E-state index contributed by atoms with van der Waals surface area (Å²) in [7, 11) is 0.154. The molecule has 7 heteroatoms.